The van der Waals surface area contributed by atoms with E-state index >= 15 is 0 Å². The predicted molar refractivity (Wildman–Crippen MR) is 103 cm³/mol. The molecule has 1 aliphatic carbocycles. The van der Waals surface area contributed by atoms with Gasteiger partial charge in [-0.25, -0.2) is 4.98 Å². The maximum Gasteiger partial charge on any atom is 0.191 e. The summed E-state index contributed by atoms with van der Waals surface area (Å²) in [7, 11) is 0. The van der Waals surface area contributed by atoms with Gasteiger partial charge in [0.05, 0.1) is 0 Å². The fraction of sp³-hybridized carbons (Fsp3) is 0.789. The van der Waals surface area contributed by atoms with E-state index in [9.17, 15) is 0 Å². The van der Waals surface area contributed by atoms with Gasteiger partial charge < -0.3 is 15.2 Å². The Kier molecular flexibility index (Phi) is 6.34. The van der Waals surface area contributed by atoms with Crippen molar-refractivity contribution in [3.05, 3.63) is 18.2 Å². The Balaban J connectivity index is 1.40. The molecule has 1 aliphatic heterocycles. The summed E-state index contributed by atoms with van der Waals surface area (Å²) in [5.74, 6) is 2.07. The summed E-state index contributed by atoms with van der Waals surface area (Å²) >= 11 is 0. The van der Waals surface area contributed by atoms with Crippen LogP contribution in [0.5, 0.6) is 0 Å². The first-order chi connectivity index (χ1) is 12.2. The van der Waals surface area contributed by atoms with Crippen LogP contribution in [0, 0.1) is 6.92 Å². The smallest absolute Gasteiger partial charge is 0.191 e. The van der Waals surface area contributed by atoms with Gasteiger partial charge >= 0.3 is 0 Å². The Morgan fingerprint density at radius 1 is 1.36 bits per heavy atom. The monoisotopic (exact) mass is 346 g/mol. The number of imidazole rings is 1. The van der Waals surface area contributed by atoms with Crippen molar-refractivity contribution in [1.29, 1.82) is 0 Å². The second kappa shape index (κ2) is 8.70. The number of rotatable bonds is 8. The molecule has 2 fully saturated rings. The SMILES string of the molecule is CCNC(=NCCCCn1ccnc1C)NC1CC(C)N(C2CC2)C1. The number of hydrogen-bond donors (Lipinski definition) is 2. The maximum absolute atomic E-state index is 4.78. The van der Waals surface area contributed by atoms with Crippen molar-refractivity contribution in [3.63, 3.8) is 0 Å². The molecular weight excluding hydrogens is 312 g/mol. The van der Waals surface area contributed by atoms with Crippen LogP contribution >= 0.6 is 0 Å². The second-order valence-electron chi connectivity index (χ2n) is 7.49. The zero-order valence-corrected chi connectivity index (χ0v) is 16.0. The molecule has 0 amide bonds. The minimum absolute atomic E-state index is 0.530. The van der Waals surface area contributed by atoms with Gasteiger partial charge in [0.15, 0.2) is 5.96 Å². The summed E-state index contributed by atoms with van der Waals surface area (Å²) in [5.41, 5.74) is 0. The molecule has 2 aliphatic rings. The van der Waals surface area contributed by atoms with Gasteiger partial charge in [0, 0.05) is 56.7 Å². The number of nitrogens with one attached hydrogen (secondary N) is 2. The average molecular weight is 347 g/mol. The highest BCUT2D eigenvalue weighted by molar-refractivity contribution is 5.80. The standard InChI is InChI=1S/C19H34N6/c1-4-20-19(22-9-5-6-11-24-12-10-21-16(24)3)23-17-13-15(2)25(14-17)18-7-8-18/h10,12,15,17-18H,4-9,11,13-14H2,1-3H3,(H2,20,22,23). The number of guanidine groups is 1. The lowest BCUT2D eigenvalue weighted by atomic mass is 10.2. The minimum Gasteiger partial charge on any atom is -0.357 e. The van der Waals surface area contributed by atoms with Crippen LogP contribution in [0.25, 0.3) is 0 Å². The van der Waals surface area contributed by atoms with Gasteiger partial charge in [0.2, 0.25) is 0 Å². The lowest BCUT2D eigenvalue weighted by Crippen LogP contribution is -2.44. The van der Waals surface area contributed by atoms with Crippen molar-refractivity contribution in [2.24, 2.45) is 4.99 Å². The molecule has 1 aromatic heterocycles. The minimum atomic E-state index is 0.530. The summed E-state index contributed by atoms with van der Waals surface area (Å²) < 4.78 is 2.21. The van der Waals surface area contributed by atoms with E-state index in [-0.39, 0.29) is 0 Å². The van der Waals surface area contributed by atoms with E-state index in [0.717, 1.165) is 56.8 Å². The molecule has 0 spiro atoms. The van der Waals surface area contributed by atoms with Gasteiger partial charge in [-0.15, -0.1) is 0 Å². The number of nitrogens with zero attached hydrogens (tertiary/aromatic N) is 4. The Labute approximate surface area is 152 Å². The molecule has 2 heterocycles. The fourth-order valence-corrected chi connectivity index (χ4v) is 3.81. The van der Waals surface area contributed by atoms with E-state index < -0.39 is 0 Å². The van der Waals surface area contributed by atoms with Gasteiger partial charge in [-0.3, -0.25) is 9.89 Å². The highest BCUT2D eigenvalue weighted by Crippen LogP contribution is 2.33. The van der Waals surface area contributed by atoms with Crippen LogP contribution in [0.3, 0.4) is 0 Å². The van der Waals surface area contributed by atoms with Gasteiger partial charge in [-0.1, -0.05) is 0 Å². The molecule has 25 heavy (non-hydrogen) atoms. The number of likely N-dealkylation sites (tertiary alicyclic amines) is 1. The number of hydrogen-bond acceptors (Lipinski definition) is 3. The molecule has 0 aromatic carbocycles. The number of aliphatic imine (C=N–C) groups is 1. The maximum atomic E-state index is 4.78. The molecule has 1 saturated heterocycles. The molecule has 6 heteroatoms. The first kappa shape index (κ1) is 18.2. The molecule has 1 saturated carbocycles. The average Bonchev–Trinajstić information content (AvgIpc) is 3.25. The van der Waals surface area contributed by atoms with Crippen LogP contribution < -0.4 is 10.6 Å². The largest absolute Gasteiger partial charge is 0.357 e. The molecule has 2 N–H and O–H groups in total. The third kappa shape index (κ3) is 5.21. The van der Waals surface area contributed by atoms with Gasteiger partial charge in [0.25, 0.3) is 0 Å². The first-order valence-electron chi connectivity index (χ1n) is 9.95. The first-order valence-corrected chi connectivity index (χ1v) is 9.95. The number of unbranched alkanes of at least 4 members (excludes halogenated alkanes) is 1. The summed E-state index contributed by atoms with van der Waals surface area (Å²) in [4.78, 5) is 11.7. The third-order valence-electron chi connectivity index (χ3n) is 5.32. The lowest BCUT2D eigenvalue weighted by Gasteiger charge is -2.20. The van der Waals surface area contributed by atoms with Crippen LogP contribution in [0.1, 0.15) is 51.8 Å². The Morgan fingerprint density at radius 2 is 2.20 bits per heavy atom. The fourth-order valence-electron chi connectivity index (χ4n) is 3.81. The highest BCUT2D eigenvalue weighted by atomic mass is 15.3. The summed E-state index contributed by atoms with van der Waals surface area (Å²) in [6, 6.07) is 2.08. The summed E-state index contributed by atoms with van der Waals surface area (Å²) in [6.07, 6.45) is 10.2. The quantitative estimate of drug-likeness (QED) is 0.430. The van der Waals surface area contributed by atoms with E-state index in [0.29, 0.717) is 12.1 Å². The normalized spacial score (nSPS) is 24.7. The molecule has 0 radical (unpaired) electrons. The van der Waals surface area contributed by atoms with E-state index in [2.05, 4.69) is 52.1 Å². The summed E-state index contributed by atoms with van der Waals surface area (Å²) in [5, 5.41) is 7.06. The Hall–Kier alpha value is -1.56. The van der Waals surface area contributed by atoms with Crippen LogP contribution in [0.15, 0.2) is 17.4 Å². The van der Waals surface area contributed by atoms with Gasteiger partial charge in [0.1, 0.15) is 5.82 Å². The predicted octanol–water partition coefficient (Wildman–Crippen LogP) is 2.15. The Morgan fingerprint density at radius 3 is 2.88 bits per heavy atom. The molecule has 2 atom stereocenters. The van der Waals surface area contributed by atoms with E-state index in [1.807, 2.05) is 6.20 Å². The van der Waals surface area contributed by atoms with Gasteiger partial charge in [-0.2, -0.15) is 0 Å². The molecule has 1 aromatic rings. The topological polar surface area (TPSA) is 57.5 Å². The van der Waals surface area contributed by atoms with E-state index in [4.69, 9.17) is 4.99 Å². The van der Waals surface area contributed by atoms with Crippen molar-refractivity contribution in [1.82, 2.24) is 25.1 Å². The van der Waals surface area contributed by atoms with Gasteiger partial charge in [-0.05, 0) is 52.9 Å². The highest BCUT2D eigenvalue weighted by Gasteiger charge is 2.38. The molecule has 6 nitrogen and oxygen atoms in total. The van der Waals surface area contributed by atoms with E-state index in [1.54, 1.807) is 0 Å². The van der Waals surface area contributed by atoms with Crippen LogP contribution in [0.4, 0.5) is 0 Å². The molecule has 3 rings (SSSR count). The zero-order chi connectivity index (χ0) is 17.6. The zero-order valence-electron chi connectivity index (χ0n) is 16.0. The van der Waals surface area contributed by atoms with Crippen molar-refractivity contribution in [3.8, 4) is 0 Å². The van der Waals surface area contributed by atoms with Crippen LogP contribution in [-0.4, -0.2) is 58.2 Å². The Bertz CT molecular complexity index is 562. The third-order valence-corrected chi connectivity index (χ3v) is 5.32. The van der Waals surface area contributed by atoms with Crippen molar-refractivity contribution in [2.45, 2.75) is 77.5 Å². The van der Waals surface area contributed by atoms with Crippen molar-refractivity contribution >= 4 is 5.96 Å². The molecule has 0 bridgehead atoms. The summed E-state index contributed by atoms with van der Waals surface area (Å²) in [6.45, 7) is 10.5. The van der Waals surface area contributed by atoms with Crippen LogP contribution in [-0.2, 0) is 6.54 Å². The van der Waals surface area contributed by atoms with Crippen molar-refractivity contribution in [2.75, 3.05) is 19.6 Å². The van der Waals surface area contributed by atoms with Crippen LogP contribution in [0.2, 0.25) is 0 Å². The van der Waals surface area contributed by atoms with Crippen molar-refractivity contribution < 1.29 is 0 Å². The molecule has 2 unspecified atom stereocenters. The van der Waals surface area contributed by atoms with E-state index in [1.165, 1.54) is 19.3 Å². The number of aryl methyl sites for hydroxylation is 2. The molecular formula is C19H34N6. The lowest BCUT2D eigenvalue weighted by molar-refractivity contribution is 0.256. The number of aromatic nitrogens is 2. The second-order valence-corrected chi connectivity index (χ2v) is 7.49. The molecule has 140 valence electrons.